The van der Waals surface area contributed by atoms with Crippen molar-refractivity contribution in [3.05, 3.63) is 47.1 Å². The van der Waals surface area contributed by atoms with Crippen LogP contribution in [0.4, 0.5) is 13.2 Å². The normalized spacial score (nSPS) is 22.6. The molecule has 3 N–H and O–H groups in total. The first kappa shape index (κ1) is 34.5. The number of hydrogen-bond donors (Lipinski definition) is 3. The largest absolute Gasteiger partial charge is 0.406 e. The summed E-state index contributed by atoms with van der Waals surface area (Å²) in [7, 11) is 1.85. The summed E-state index contributed by atoms with van der Waals surface area (Å²) >= 11 is 0. The number of halogens is 3. The van der Waals surface area contributed by atoms with Gasteiger partial charge in [-0.05, 0) is 90.0 Å². The van der Waals surface area contributed by atoms with Crippen LogP contribution < -0.4 is 16.0 Å². The molecule has 3 aliphatic heterocycles. The van der Waals surface area contributed by atoms with Crippen molar-refractivity contribution in [3.8, 4) is 17.9 Å². The van der Waals surface area contributed by atoms with Gasteiger partial charge in [0.25, 0.3) is 0 Å². The third-order valence-corrected chi connectivity index (χ3v) is 9.23. The zero-order valence-corrected chi connectivity index (χ0v) is 27.2. The number of hydrogen-bond acceptors (Lipinski definition) is 7. The number of likely N-dealkylation sites (N-methyl/N-ethyl adjacent to an activating group) is 1. The third-order valence-electron chi connectivity index (χ3n) is 9.23. The maximum Gasteiger partial charge on any atom is 0.406 e. The lowest BCUT2D eigenvalue weighted by atomic mass is 9.84. The number of likely N-dealkylation sites (tertiary alicyclic amines) is 1. The van der Waals surface area contributed by atoms with Gasteiger partial charge < -0.3 is 25.8 Å². The standard InChI is InChI=1S/C34H48F3N7O/c1-24(2)42(5)32(45)21-43-15-12-27(13-16-43)40-19-25-8-10-30-26(17-25)18-29(44(30)23-34(35,36)37)7-6-14-39-28-9-11-31(41-20-28)33(3,4)22-38/h9-11,18,24-27,39-41H,8,12-17,19-21,23H2,1-5H3. The van der Waals surface area contributed by atoms with Crippen LogP contribution in [0, 0.1) is 40.4 Å². The van der Waals surface area contributed by atoms with Gasteiger partial charge in [0.05, 0.1) is 36.8 Å². The van der Waals surface area contributed by atoms with Crippen molar-refractivity contribution in [1.29, 1.82) is 5.26 Å². The van der Waals surface area contributed by atoms with E-state index in [0.717, 1.165) is 56.7 Å². The molecule has 8 nitrogen and oxygen atoms in total. The Balaban J connectivity index is 1.29. The highest BCUT2D eigenvalue weighted by Gasteiger charge is 2.39. The van der Waals surface area contributed by atoms with Gasteiger partial charge in [-0.2, -0.15) is 18.4 Å². The lowest BCUT2D eigenvalue weighted by Crippen LogP contribution is -2.48. The first-order chi connectivity index (χ1) is 21.3. The second-order valence-corrected chi connectivity index (χ2v) is 13.4. The molecule has 3 heterocycles. The third kappa shape index (κ3) is 9.54. The molecule has 1 aliphatic carbocycles. The number of carbonyl (C=O) groups is 1. The number of nitriles is 1. The molecule has 0 bridgehead atoms. The number of dihydropyridines is 1. The minimum atomic E-state index is -4.34. The van der Waals surface area contributed by atoms with E-state index in [0.29, 0.717) is 43.0 Å². The molecule has 4 aliphatic rings. The summed E-state index contributed by atoms with van der Waals surface area (Å²) in [6.45, 7) is 10.5. The number of amides is 1. The Labute approximate surface area is 266 Å². The fraction of sp³-hybridized carbons (Fsp3) is 0.647. The van der Waals surface area contributed by atoms with E-state index in [1.807, 2.05) is 59.0 Å². The average molecular weight is 628 g/mol. The highest BCUT2D eigenvalue weighted by molar-refractivity contribution is 5.78. The van der Waals surface area contributed by atoms with Gasteiger partial charge in [-0.1, -0.05) is 12.0 Å². The Kier molecular flexibility index (Phi) is 11.3. The van der Waals surface area contributed by atoms with Gasteiger partial charge >= 0.3 is 6.18 Å². The Bertz CT molecular complexity index is 1300. The SMILES string of the molecule is CC(C)N(C)C(=O)CN1CCC(NCC2CC=C3C(C=C(C#CCNC4=CC=C(C(C)(C)C#N)NC4)N3CC(F)(F)F)C2)CC1. The van der Waals surface area contributed by atoms with Crippen LogP contribution >= 0.6 is 0 Å². The molecule has 1 amide bonds. The summed E-state index contributed by atoms with van der Waals surface area (Å²) in [6, 6.07) is 2.85. The maximum atomic E-state index is 13.6. The lowest BCUT2D eigenvalue weighted by Gasteiger charge is -2.35. The number of carbonyl (C=O) groups excluding carboxylic acids is 1. The number of fused-ring (bicyclic) bond motifs is 1. The van der Waals surface area contributed by atoms with Gasteiger partial charge in [-0.15, -0.1) is 0 Å². The molecule has 2 unspecified atom stereocenters. The van der Waals surface area contributed by atoms with Gasteiger partial charge in [0.15, 0.2) is 0 Å². The molecule has 0 spiro atoms. The monoisotopic (exact) mass is 627 g/mol. The zero-order valence-electron chi connectivity index (χ0n) is 27.2. The van der Waals surface area contributed by atoms with Crippen LogP contribution in [0.5, 0.6) is 0 Å². The molecule has 0 saturated carbocycles. The number of allylic oxidation sites excluding steroid dienone is 6. The summed E-state index contributed by atoms with van der Waals surface area (Å²) in [6.07, 6.45) is 6.79. The van der Waals surface area contributed by atoms with E-state index in [9.17, 15) is 23.2 Å². The van der Waals surface area contributed by atoms with Crippen molar-refractivity contribution in [1.82, 2.24) is 30.7 Å². The van der Waals surface area contributed by atoms with Crippen molar-refractivity contribution in [3.63, 3.8) is 0 Å². The fourth-order valence-corrected chi connectivity index (χ4v) is 6.14. The molecule has 4 rings (SSSR count). The minimum Gasteiger partial charge on any atom is -0.381 e. The highest BCUT2D eigenvalue weighted by Crippen LogP contribution is 2.41. The van der Waals surface area contributed by atoms with Crippen molar-refractivity contribution in [2.75, 3.05) is 52.9 Å². The molecule has 0 aromatic rings. The van der Waals surface area contributed by atoms with Crippen LogP contribution in [0.15, 0.2) is 47.1 Å². The fourth-order valence-electron chi connectivity index (χ4n) is 6.14. The van der Waals surface area contributed by atoms with Crippen LogP contribution in [0.25, 0.3) is 0 Å². The Morgan fingerprint density at radius 1 is 1.22 bits per heavy atom. The van der Waals surface area contributed by atoms with E-state index in [-0.39, 0.29) is 17.9 Å². The first-order valence-electron chi connectivity index (χ1n) is 16.0. The molecule has 246 valence electrons. The highest BCUT2D eigenvalue weighted by atomic mass is 19.4. The van der Waals surface area contributed by atoms with Gasteiger partial charge in [0, 0.05) is 55.2 Å². The Morgan fingerprint density at radius 3 is 2.58 bits per heavy atom. The lowest BCUT2D eigenvalue weighted by molar-refractivity contribution is -0.138. The van der Waals surface area contributed by atoms with Crippen LogP contribution in [0.1, 0.15) is 53.4 Å². The van der Waals surface area contributed by atoms with Crippen LogP contribution in [-0.2, 0) is 4.79 Å². The number of nitrogens with one attached hydrogen (secondary N) is 3. The molecule has 0 aromatic heterocycles. The average Bonchev–Trinajstić information content (AvgIpc) is 3.33. The zero-order chi connectivity index (χ0) is 32.8. The predicted molar refractivity (Wildman–Crippen MR) is 170 cm³/mol. The Morgan fingerprint density at radius 2 is 1.96 bits per heavy atom. The van der Waals surface area contributed by atoms with E-state index in [4.69, 9.17) is 0 Å². The van der Waals surface area contributed by atoms with Gasteiger partial charge in [-0.3, -0.25) is 9.69 Å². The van der Waals surface area contributed by atoms with Crippen molar-refractivity contribution in [2.45, 2.75) is 71.6 Å². The molecule has 45 heavy (non-hydrogen) atoms. The van der Waals surface area contributed by atoms with Crippen molar-refractivity contribution in [2.24, 2.45) is 17.3 Å². The molecule has 2 atom stereocenters. The van der Waals surface area contributed by atoms with Gasteiger partial charge in [-0.25, -0.2) is 0 Å². The number of nitrogens with zero attached hydrogens (tertiary/aromatic N) is 4. The summed E-state index contributed by atoms with van der Waals surface area (Å²) in [5.74, 6) is 6.43. The van der Waals surface area contributed by atoms with E-state index in [1.165, 1.54) is 4.90 Å². The minimum absolute atomic E-state index is 0.0757. The van der Waals surface area contributed by atoms with Gasteiger partial charge in [0.1, 0.15) is 6.54 Å². The van der Waals surface area contributed by atoms with E-state index >= 15 is 0 Å². The van der Waals surface area contributed by atoms with Crippen LogP contribution in [0.3, 0.4) is 0 Å². The number of rotatable bonds is 10. The summed E-state index contributed by atoms with van der Waals surface area (Å²) in [5, 5.41) is 19.5. The van der Waals surface area contributed by atoms with Crippen molar-refractivity contribution < 1.29 is 18.0 Å². The molecule has 1 saturated heterocycles. The second-order valence-electron chi connectivity index (χ2n) is 13.4. The van der Waals surface area contributed by atoms with Crippen LogP contribution in [0.2, 0.25) is 0 Å². The second kappa shape index (κ2) is 14.8. The summed E-state index contributed by atoms with van der Waals surface area (Å²) in [4.78, 5) is 17.8. The van der Waals surface area contributed by atoms with E-state index in [2.05, 4.69) is 38.8 Å². The number of piperidine rings is 1. The number of alkyl halides is 3. The predicted octanol–water partition coefficient (Wildman–Crippen LogP) is 4.09. The quantitative estimate of drug-likeness (QED) is 0.315. The molecule has 1 fully saturated rings. The maximum absolute atomic E-state index is 13.6. The Hall–Kier alpha value is -3.41. The van der Waals surface area contributed by atoms with E-state index < -0.39 is 18.1 Å². The molecular formula is C34H48F3N7O. The molecule has 0 aromatic carbocycles. The van der Waals surface area contributed by atoms with Crippen LogP contribution in [-0.4, -0.2) is 91.7 Å². The summed E-state index contributed by atoms with van der Waals surface area (Å²) < 4.78 is 40.7. The smallest absolute Gasteiger partial charge is 0.381 e. The molecule has 11 heteroatoms. The van der Waals surface area contributed by atoms with E-state index in [1.54, 1.807) is 4.90 Å². The first-order valence-corrected chi connectivity index (χ1v) is 16.0. The summed E-state index contributed by atoms with van der Waals surface area (Å²) in [5.41, 5.74) is 2.26. The molecule has 0 radical (unpaired) electrons. The van der Waals surface area contributed by atoms with Crippen molar-refractivity contribution >= 4 is 5.91 Å². The van der Waals surface area contributed by atoms with Gasteiger partial charge in [0.2, 0.25) is 5.91 Å². The molecular weight excluding hydrogens is 579 g/mol. The topological polar surface area (TPSA) is 86.7 Å².